The summed E-state index contributed by atoms with van der Waals surface area (Å²) in [6, 6.07) is 0. The van der Waals surface area contributed by atoms with Crippen molar-refractivity contribution < 1.29 is 9.53 Å². The molecule has 1 aromatic rings. The second-order valence-corrected chi connectivity index (χ2v) is 7.50. The first-order valence-electron chi connectivity index (χ1n) is 7.79. The molecule has 1 fully saturated rings. The summed E-state index contributed by atoms with van der Waals surface area (Å²) in [6.07, 6.45) is 3.00. The third kappa shape index (κ3) is 3.50. The van der Waals surface area contributed by atoms with Crippen molar-refractivity contribution in [1.29, 1.82) is 0 Å². The van der Waals surface area contributed by atoms with Gasteiger partial charge in [0.15, 0.2) is 0 Å². The average molecular weight is 325 g/mol. The van der Waals surface area contributed by atoms with Crippen LogP contribution in [0.3, 0.4) is 0 Å². The van der Waals surface area contributed by atoms with E-state index in [1.54, 1.807) is 7.11 Å². The smallest absolute Gasteiger partial charge is 0.265 e. The number of carbonyl (C=O) groups is 1. The lowest BCUT2D eigenvalue weighted by atomic mass is 9.83. The van der Waals surface area contributed by atoms with Gasteiger partial charge in [0.25, 0.3) is 5.91 Å². The molecule has 1 saturated heterocycles. The minimum absolute atomic E-state index is 0.141. The average Bonchev–Trinajstić information content (AvgIpc) is 2.83. The highest BCUT2D eigenvalue weighted by atomic mass is 32.1. The molecule has 0 radical (unpaired) electrons. The van der Waals surface area contributed by atoms with Gasteiger partial charge in [-0.1, -0.05) is 0 Å². The fourth-order valence-corrected chi connectivity index (χ4v) is 4.10. The van der Waals surface area contributed by atoms with Crippen molar-refractivity contribution in [2.24, 2.45) is 0 Å². The van der Waals surface area contributed by atoms with Gasteiger partial charge in [0.05, 0.1) is 10.7 Å². The van der Waals surface area contributed by atoms with E-state index >= 15 is 0 Å². The predicted molar refractivity (Wildman–Crippen MR) is 89.6 cm³/mol. The normalized spacial score (nSPS) is 18.0. The van der Waals surface area contributed by atoms with Crippen molar-refractivity contribution in [3.63, 3.8) is 0 Å². The summed E-state index contributed by atoms with van der Waals surface area (Å²) in [4.78, 5) is 22.1. The van der Waals surface area contributed by atoms with E-state index in [-0.39, 0.29) is 11.4 Å². The summed E-state index contributed by atoms with van der Waals surface area (Å²) in [7, 11) is 6.00. The summed E-state index contributed by atoms with van der Waals surface area (Å²) in [5.41, 5.74) is 1.00. The van der Waals surface area contributed by atoms with Crippen molar-refractivity contribution >= 4 is 17.2 Å². The Kier molecular flexibility index (Phi) is 5.58. The maximum atomic E-state index is 12.7. The summed E-state index contributed by atoms with van der Waals surface area (Å²) >= 11 is 1.50. The second kappa shape index (κ2) is 7.06. The Morgan fingerprint density at radius 1 is 1.36 bits per heavy atom. The molecule has 0 unspecified atom stereocenters. The van der Waals surface area contributed by atoms with Crippen LogP contribution in [0.1, 0.15) is 39.6 Å². The van der Waals surface area contributed by atoms with Gasteiger partial charge < -0.3 is 14.5 Å². The van der Waals surface area contributed by atoms with E-state index < -0.39 is 0 Å². The largest absolute Gasteiger partial charge is 0.385 e. The van der Waals surface area contributed by atoms with Crippen LogP contribution in [0.2, 0.25) is 0 Å². The van der Waals surface area contributed by atoms with E-state index in [1.165, 1.54) is 11.3 Å². The molecule has 5 nitrogen and oxygen atoms in total. The molecule has 1 aliphatic rings. The maximum absolute atomic E-state index is 12.7. The standard InChI is InChI=1S/C16H27N3O2S/c1-12-14(22-13(2)17-12)15(20)19-9-6-16(7-10-19,18(3)4)8-11-21-5/h6-11H2,1-5H3. The highest BCUT2D eigenvalue weighted by Gasteiger charge is 2.38. The number of aromatic nitrogens is 1. The molecule has 0 aliphatic carbocycles. The molecule has 0 atom stereocenters. The zero-order valence-corrected chi connectivity index (χ0v) is 15.1. The number of likely N-dealkylation sites (tertiary alicyclic amines) is 1. The third-order valence-corrected chi connectivity index (χ3v) is 5.86. The summed E-state index contributed by atoms with van der Waals surface area (Å²) in [5, 5.41) is 0.959. The quantitative estimate of drug-likeness (QED) is 0.833. The lowest BCUT2D eigenvalue weighted by Crippen LogP contribution is -2.54. The molecule has 6 heteroatoms. The number of methoxy groups -OCH3 is 1. The Morgan fingerprint density at radius 3 is 2.45 bits per heavy atom. The van der Waals surface area contributed by atoms with Gasteiger partial charge in [-0.25, -0.2) is 4.98 Å². The van der Waals surface area contributed by atoms with Crippen LogP contribution in [-0.2, 0) is 4.74 Å². The zero-order valence-electron chi connectivity index (χ0n) is 14.3. The molecule has 2 heterocycles. The SMILES string of the molecule is COCCC1(N(C)C)CCN(C(=O)c2sc(C)nc2C)CC1. The van der Waals surface area contributed by atoms with E-state index in [0.29, 0.717) is 0 Å². The second-order valence-electron chi connectivity index (χ2n) is 6.30. The third-order valence-electron chi connectivity index (χ3n) is 4.80. The van der Waals surface area contributed by atoms with Crippen molar-refractivity contribution in [2.45, 2.75) is 38.6 Å². The van der Waals surface area contributed by atoms with Crippen molar-refractivity contribution in [3.05, 3.63) is 15.6 Å². The Bertz CT molecular complexity index is 519. The van der Waals surface area contributed by atoms with Gasteiger partial charge in [-0.05, 0) is 47.2 Å². The van der Waals surface area contributed by atoms with E-state index in [9.17, 15) is 4.79 Å². The fraction of sp³-hybridized carbons (Fsp3) is 0.750. The fourth-order valence-electron chi connectivity index (χ4n) is 3.21. The first kappa shape index (κ1) is 17.4. The molecule has 1 amide bonds. The molecular weight excluding hydrogens is 298 g/mol. The molecule has 124 valence electrons. The van der Waals surface area contributed by atoms with Crippen LogP contribution < -0.4 is 0 Å². The van der Waals surface area contributed by atoms with Gasteiger partial charge >= 0.3 is 0 Å². The molecule has 0 bridgehead atoms. The van der Waals surface area contributed by atoms with Crippen molar-refractivity contribution in [3.8, 4) is 0 Å². The lowest BCUT2D eigenvalue weighted by molar-refractivity contribution is 0.0256. The number of thiazole rings is 1. The molecule has 0 aromatic carbocycles. The van der Waals surface area contributed by atoms with Crippen LogP contribution in [0.15, 0.2) is 0 Å². The molecular formula is C16H27N3O2S. The van der Waals surface area contributed by atoms with Crippen LogP contribution in [0.4, 0.5) is 0 Å². The number of rotatable bonds is 5. The molecule has 0 saturated carbocycles. The van der Waals surface area contributed by atoms with Gasteiger partial charge in [0.2, 0.25) is 0 Å². The number of carbonyl (C=O) groups excluding carboxylic acids is 1. The minimum Gasteiger partial charge on any atom is -0.385 e. The minimum atomic E-state index is 0.141. The number of ether oxygens (including phenoxy) is 1. The highest BCUT2D eigenvalue weighted by Crippen LogP contribution is 2.32. The van der Waals surface area contributed by atoms with Crippen molar-refractivity contribution in [2.75, 3.05) is 40.9 Å². The van der Waals surface area contributed by atoms with Gasteiger partial charge in [0, 0.05) is 32.3 Å². The summed E-state index contributed by atoms with van der Waals surface area (Å²) < 4.78 is 5.27. The van der Waals surface area contributed by atoms with Gasteiger partial charge in [-0.15, -0.1) is 11.3 Å². The maximum Gasteiger partial charge on any atom is 0.265 e. The van der Waals surface area contributed by atoms with E-state index in [2.05, 4.69) is 24.0 Å². The zero-order chi connectivity index (χ0) is 16.3. The monoisotopic (exact) mass is 325 g/mol. The number of hydrogen-bond acceptors (Lipinski definition) is 5. The number of aryl methyl sites for hydroxylation is 2. The predicted octanol–water partition coefficient (Wildman–Crippen LogP) is 2.33. The molecule has 2 rings (SSSR count). The van der Waals surface area contributed by atoms with Crippen LogP contribution in [0.25, 0.3) is 0 Å². The molecule has 1 aromatic heterocycles. The van der Waals surface area contributed by atoms with Gasteiger partial charge in [-0.2, -0.15) is 0 Å². The first-order valence-corrected chi connectivity index (χ1v) is 8.61. The van der Waals surface area contributed by atoms with Crippen LogP contribution in [0.5, 0.6) is 0 Å². The molecule has 22 heavy (non-hydrogen) atoms. The van der Waals surface area contributed by atoms with E-state index in [0.717, 1.165) is 54.5 Å². The summed E-state index contributed by atoms with van der Waals surface area (Å²) in [5.74, 6) is 0.141. The Balaban J connectivity index is 2.04. The van der Waals surface area contributed by atoms with E-state index in [4.69, 9.17) is 4.74 Å². The molecule has 0 N–H and O–H groups in total. The highest BCUT2D eigenvalue weighted by molar-refractivity contribution is 7.13. The van der Waals surface area contributed by atoms with E-state index in [1.807, 2.05) is 18.7 Å². The number of piperidine rings is 1. The van der Waals surface area contributed by atoms with Gasteiger partial charge in [0.1, 0.15) is 4.88 Å². The Hall–Kier alpha value is -0.980. The molecule has 1 aliphatic heterocycles. The number of amides is 1. The Labute approximate surface area is 137 Å². The number of nitrogens with zero attached hydrogens (tertiary/aromatic N) is 3. The number of hydrogen-bond donors (Lipinski definition) is 0. The topological polar surface area (TPSA) is 45.7 Å². The summed E-state index contributed by atoms with van der Waals surface area (Å²) in [6.45, 7) is 6.24. The van der Waals surface area contributed by atoms with Gasteiger partial charge in [-0.3, -0.25) is 4.79 Å². The lowest BCUT2D eigenvalue weighted by Gasteiger charge is -2.46. The first-order chi connectivity index (χ1) is 10.4. The van der Waals surface area contributed by atoms with Crippen molar-refractivity contribution in [1.82, 2.24) is 14.8 Å². The van der Waals surface area contributed by atoms with Crippen LogP contribution in [0, 0.1) is 13.8 Å². The molecule has 0 spiro atoms. The van der Waals surface area contributed by atoms with Crippen LogP contribution >= 0.6 is 11.3 Å². The Morgan fingerprint density at radius 2 is 2.00 bits per heavy atom. The van der Waals surface area contributed by atoms with Crippen LogP contribution in [-0.4, -0.2) is 67.1 Å².